The fourth-order valence-electron chi connectivity index (χ4n) is 2.89. The molecule has 1 unspecified atom stereocenters. The molecule has 0 aliphatic carbocycles. The number of benzene rings is 2. The minimum atomic E-state index is -0.520. The van der Waals surface area contributed by atoms with Crippen molar-refractivity contribution in [3.05, 3.63) is 59.7 Å². The predicted molar refractivity (Wildman–Crippen MR) is 105 cm³/mol. The van der Waals surface area contributed by atoms with Gasteiger partial charge < -0.3 is 19.7 Å². The molecular formula is C21H22N2O4. The number of anilines is 1. The number of carbonyl (C=O) groups is 2. The Kier molecular flexibility index (Phi) is 5.76. The Bertz CT molecular complexity index is 828. The van der Waals surface area contributed by atoms with Gasteiger partial charge in [0.25, 0.3) is 0 Å². The van der Waals surface area contributed by atoms with E-state index in [4.69, 9.17) is 9.47 Å². The smallest absolute Gasteiger partial charge is 0.407 e. The molecule has 0 radical (unpaired) electrons. The molecule has 2 aromatic rings. The summed E-state index contributed by atoms with van der Waals surface area (Å²) in [6.07, 6.45) is 3.28. The minimum Gasteiger partial charge on any atom is -0.497 e. The van der Waals surface area contributed by atoms with E-state index in [1.54, 1.807) is 12.0 Å². The molecule has 1 aliphatic heterocycles. The SMILES string of the molecule is CNC(=O)OC1CC(=O)N(c2ccc(/C=C/c3ccc(OC)cc3)cc2)C1. The Hall–Kier alpha value is -3.28. The zero-order chi connectivity index (χ0) is 19.2. The molecule has 27 heavy (non-hydrogen) atoms. The number of rotatable bonds is 5. The second kappa shape index (κ2) is 8.40. The number of ether oxygens (including phenoxy) is 2. The van der Waals surface area contributed by atoms with Crippen LogP contribution in [-0.4, -0.2) is 38.8 Å². The summed E-state index contributed by atoms with van der Waals surface area (Å²) in [5.74, 6) is 0.774. The first kappa shape index (κ1) is 18.5. The van der Waals surface area contributed by atoms with Crippen LogP contribution in [0.15, 0.2) is 48.5 Å². The molecule has 6 heteroatoms. The lowest BCUT2D eigenvalue weighted by Crippen LogP contribution is -2.29. The van der Waals surface area contributed by atoms with Gasteiger partial charge in [0.1, 0.15) is 11.9 Å². The number of nitrogens with zero attached hydrogens (tertiary/aromatic N) is 1. The lowest BCUT2D eigenvalue weighted by molar-refractivity contribution is -0.117. The van der Waals surface area contributed by atoms with Gasteiger partial charge in [0.05, 0.1) is 20.1 Å². The van der Waals surface area contributed by atoms with Gasteiger partial charge in [-0.2, -0.15) is 0 Å². The summed E-state index contributed by atoms with van der Waals surface area (Å²) in [7, 11) is 3.14. The first-order chi connectivity index (χ1) is 13.1. The molecule has 0 aromatic heterocycles. The number of methoxy groups -OCH3 is 1. The van der Waals surface area contributed by atoms with Crippen molar-refractivity contribution in [1.82, 2.24) is 5.32 Å². The zero-order valence-electron chi connectivity index (χ0n) is 15.3. The summed E-state index contributed by atoms with van der Waals surface area (Å²) in [4.78, 5) is 25.1. The number of nitrogens with one attached hydrogen (secondary N) is 1. The molecule has 1 N–H and O–H groups in total. The molecule has 0 bridgehead atoms. The molecule has 2 aromatic carbocycles. The van der Waals surface area contributed by atoms with Gasteiger partial charge in [-0.25, -0.2) is 4.79 Å². The summed E-state index contributed by atoms with van der Waals surface area (Å²) < 4.78 is 10.3. The van der Waals surface area contributed by atoms with E-state index in [0.717, 1.165) is 22.6 Å². The highest BCUT2D eigenvalue weighted by atomic mass is 16.6. The molecule has 1 atom stereocenters. The van der Waals surface area contributed by atoms with E-state index in [0.29, 0.717) is 6.54 Å². The average molecular weight is 366 g/mol. The van der Waals surface area contributed by atoms with E-state index < -0.39 is 12.2 Å². The Balaban J connectivity index is 1.63. The van der Waals surface area contributed by atoms with Gasteiger partial charge in [-0.1, -0.05) is 36.4 Å². The predicted octanol–water partition coefficient (Wildman–Crippen LogP) is 3.33. The lowest BCUT2D eigenvalue weighted by Gasteiger charge is -2.17. The van der Waals surface area contributed by atoms with Crippen LogP contribution < -0.4 is 15.0 Å². The van der Waals surface area contributed by atoms with Crippen molar-refractivity contribution in [1.29, 1.82) is 0 Å². The van der Waals surface area contributed by atoms with Crippen molar-refractivity contribution in [2.24, 2.45) is 0 Å². The lowest BCUT2D eigenvalue weighted by atomic mass is 10.1. The number of amides is 2. The Morgan fingerprint density at radius 2 is 1.67 bits per heavy atom. The average Bonchev–Trinajstić information content (AvgIpc) is 3.07. The topological polar surface area (TPSA) is 67.9 Å². The highest BCUT2D eigenvalue weighted by Crippen LogP contribution is 2.24. The van der Waals surface area contributed by atoms with Crippen LogP contribution >= 0.6 is 0 Å². The van der Waals surface area contributed by atoms with Crippen molar-refractivity contribution in [2.75, 3.05) is 25.6 Å². The Morgan fingerprint density at radius 1 is 1.07 bits per heavy atom. The summed E-state index contributed by atoms with van der Waals surface area (Å²) >= 11 is 0. The van der Waals surface area contributed by atoms with Crippen LogP contribution in [0.1, 0.15) is 17.5 Å². The largest absolute Gasteiger partial charge is 0.497 e. The first-order valence-electron chi connectivity index (χ1n) is 8.70. The van der Waals surface area contributed by atoms with Crippen LogP contribution in [0.3, 0.4) is 0 Å². The van der Waals surface area contributed by atoms with Gasteiger partial charge >= 0.3 is 6.09 Å². The Morgan fingerprint density at radius 3 is 2.22 bits per heavy atom. The zero-order valence-corrected chi connectivity index (χ0v) is 15.3. The molecule has 1 fully saturated rings. The summed E-state index contributed by atoms with van der Waals surface area (Å²) in [6.45, 7) is 0.368. The van der Waals surface area contributed by atoms with Crippen LogP contribution in [0.2, 0.25) is 0 Å². The molecule has 6 nitrogen and oxygen atoms in total. The van der Waals surface area contributed by atoms with Gasteiger partial charge in [0, 0.05) is 12.7 Å². The van der Waals surface area contributed by atoms with Gasteiger partial charge in [-0.3, -0.25) is 4.79 Å². The molecule has 2 amide bonds. The minimum absolute atomic E-state index is 0.0505. The standard InChI is InChI=1S/C21H22N2O4/c1-22-21(25)27-19-13-20(24)23(14-19)17-9-5-15(6-10-17)3-4-16-7-11-18(26-2)12-8-16/h3-12,19H,13-14H2,1-2H3,(H,22,25)/b4-3+. The van der Waals surface area contributed by atoms with Crippen molar-refractivity contribution >= 4 is 29.8 Å². The maximum Gasteiger partial charge on any atom is 0.407 e. The van der Waals surface area contributed by atoms with E-state index in [-0.39, 0.29) is 12.3 Å². The molecule has 1 heterocycles. The van der Waals surface area contributed by atoms with Gasteiger partial charge in [-0.15, -0.1) is 0 Å². The molecule has 0 saturated carbocycles. The summed E-state index contributed by atoms with van der Waals surface area (Å²) in [5.41, 5.74) is 2.90. The number of hydrogen-bond acceptors (Lipinski definition) is 4. The van der Waals surface area contributed by atoms with E-state index in [9.17, 15) is 9.59 Å². The molecule has 1 saturated heterocycles. The van der Waals surface area contributed by atoms with E-state index in [2.05, 4.69) is 5.32 Å². The molecular weight excluding hydrogens is 344 g/mol. The maximum atomic E-state index is 12.2. The van der Waals surface area contributed by atoms with E-state index in [1.807, 2.05) is 60.7 Å². The van der Waals surface area contributed by atoms with Crippen molar-refractivity contribution < 1.29 is 19.1 Å². The third-order valence-electron chi connectivity index (χ3n) is 4.36. The van der Waals surface area contributed by atoms with Crippen LogP contribution in [0.25, 0.3) is 12.2 Å². The molecule has 140 valence electrons. The van der Waals surface area contributed by atoms with Crippen LogP contribution in [-0.2, 0) is 9.53 Å². The van der Waals surface area contributed by atoms with Crippen molar-refractivity contribution in [3.8, 4) is 5.75 Å². The highest BCUT2D eigenvalue weighted by Gasteiger charge is 2.32. The number of alkyl carbamates (subject to hydrolysis) is 1. The molecule has 1 aliphatic rings. The number of carbonyl (C=O) groups excluding carboxylic acids is 2. The number of hydrogen-bond donors (Lipinski definition) is 1. The van der Waals surface area contributed by atoms with Gasteiger partial charge in [-0.05, 0) is 35.4 Å². The van der Waals surface area contributed by atoms with Crippen LogP contribution in [0.4, 0.5) is 10.5 Å². The summed E-state index contributed by atoms with van der Waals surface area (Å²) in [5, 5.41) is 2.40. The fraction of sp³-hybridized carbons (Fsp3) is 0.238. The van der Waals surface area contributed by atoms with Crippen LogP contribution in [0.5, 0.6) is 5.75 Å². The molecule has 3 rings (SSSR count). The quantitative estimate of drug-likeness (QED) is 0.824. The van der Waals surface area contributed by atoms with Crippen molar-refractivity contribution in [3.63, 3.8) is 0 Å². The van der Waals surface area contributed by atoms with Gasteiger partial charge in [0.2, 0.25) is 5.91 Å². The summed E-state index contributed by atoms with van der Waals surface area (Å²) in [6, 6.07) is 15.5. The van der Waals surface area contributed by atoms with E-state index >= 15 is 0 Å². The van der Waals surface area contributed by atoms with Gasteiger partial charge in [0.15, 0.2) is 0 Å². The molecule has 0 spiro atoms. The monoisotopic (exact) mass is 366 g/mol. The Labute approximate surface area is 158 Å². The second-order valence-corrected chi connectivity index (χ2v) is 6.18. The normalized spacial score (nSPS) is 16.6. The third kappa shape index (κ3) is 4.67. The second-order valence-electron chi connectivity index (χ2n) is 6.18. The maximum absolute atomic E-state index is 12.2. The third-order valence-corrected chi connectivity index (χ3v) is 4.36. The first-order valence-corrected chi connectivity index (χ1v) is 8.70. The van der Waals surface area contributed by atoms with E-state index in [1.165, 1.54) is 7.05 Å². The van der Waals surface area contributed by atoms with Crippen LogP contribution in [0, 0.1) is 0 Å². The fourth-order valence-corrected chi connectivity index (χ4v) is 2.89. The highest BCUT2D eigenvalue weighted by molar-refractivity contribution is 5.96. The van der Waals surface area contributed by atoms with Crippen molar-refractivity contribution in [2.45, 2.75) is 12.5 Å².